The summed E-state index contributed by atoms with van der Waals surface area (Å²) >= 11 is 0. The summed E-state index contributed by atoms with van der Waals surface area (Å²) in [5.41, 5.74) is 19.7. The quantitative estimate of drug-likeness (QED) is 0.242. The highest BCUT2D eigenvalue weighted by Gasteiger charge is 2.12. The molecule has 0 bridgehead atoms. The van der Waals surface area contributed by atoms with Crippen molar-refractivity contribution in [2.75, 3.05) is 19.8 Å². The Hall–Kier alpha value is -2.98. The first-order valence-electron chi connectivity index (χ1n) is 9.52. The van der Waals surface area contributed by atoms with Gasteiger partial charge in [0.2, 0.25) is 0 Å². The first-order chi connectivity index (χ1) is 13.8. The van der Waals surface area contributed by atoms with Gasteiger partial charge in [0.05, 0.1) is 12.6 Å². The maximum atomic E-state index is 8.63. The third-order valence-corrected chi connectivity index (χ3v) is 4.60. The number of hydrogen-bond donors (Lipinski definition) is 0. The molecule has 7 nitrogen and oxygen atoms in total. The molecule has 2 rings (SSSR count). The predicted molar refractivity (Wildman–Crippen MR) is 111 cm³/mol. The van der Waals surface area contributed by atoms with Gasteiger partial charge in [-0.15, -0.1) is 0 Å². The number of nitrogens with zero attached hydrogens (tertiary/aromatic N) is 6. The monoisotopic (exact) mass is 378 g/mol. The highest BCUT2D eigenvalue weighted by Crippen LogP contribution is 2.17. The average molecular weight is 378 g/mol. The van der Waals surface area contributed by atoms with Gasteiger partial charge in [0.1, 0.15) is 0 Å². The Bertz CT molecular complexity index is 726. The second-order valence-electron chi connectivity index (χ2n) is 6.72. The van der Waals surface area contributed by atoms with Crippen LogP contribution < -0.4 is 0 Å². The molecule has 0 N–H and O–H groups in total. The fraction of sp³-hybridized carbons (Fsp3) is 0.429. The third-order valence-electron chi connectivity index (χ3n) is 4.60. The zero-order chi connectivity index (χ0) is 19.9. The Morgan fingerprint density at radius 1 is 0.786 bits per heavy atom. The van der Waals surface area contributed by atoms with Gasteiger partial charge in [-0.25, -0.2) is 0 Å². The molecule has 2 aromatic carbocycles. The maximum Gasteiger partial charge on any atom is 0.0663 e. The molecular formula is C21H26N6O. The van der Waals surface area contributed by atoms with Gasteiger partial charge in [-0.3, -0.25) is 0 Å². The lowest BCUT2D eigenvalue weighted by Crippen LogP contribution is -2.20. The van der Waals surface area contributed by atoms with Crippen molar-refractivity contribution in [3.05, 3.63) is 92.7 Å². The zero-order valence-corrected chi connectivity index (χ0v) is 16.0. The summed E-state index contributed by atoms with van der Waals surface area (Å²) in [6.45, 7) is 0.961. The molecule has 1 atom stereocenters. The molecule has 0 saturated carbocycles. The summed E-state index contributed by atoms with van der Waals surface area (Å²) in [4.78, 5) is 5.51. The van der Waals surface area contributed by atoms with Gasteiger partial charge in [-0.05, 0) is 53.8 Å². The van der Waals surface area contributed by atoms with Crippen LogP contribution in [-0.2, 0) is 17.6 Å². The maximum absolute atomic E-state index is 8.63. The van der Waals surface area contributed by atoms with E-state index in [-0.39, 0.29) is 13.2 Å². The Balaban J connectivity index is 1.88. The van der Waals surface area contributed by atoms with E-state index in [2.05, 4.69) is 68.6 Å². The van der Waals surface area contributed by atoms with Crippen molar-refractivity contribution < 1.29 is 4.74 Å². The number of rotatable bonds is 13. The molecule has 0 saturated heterocycles. The molecule has 0 amide bonds. The van der Waals surface area contributed by atoms with E-state index >= 15 is 0 Å². The van der Waals surface area contributed by atoms with E-state index in [1.165, 1.54) is 11.1 Å². The fourth-order valence-corrected chi connectivity index (χ4v) is 3.04. The molecule has 0 aliphatic heterocycles. The number of ether oxygens (including phenoxy) is 1. The molecule has 0 fully saturated rings. The van der Waals surface area contributed by atoms with Crippen LogP contribution in [0, 0.1) is 5.92 Å². The topological polar surface area (TPSA) is 107 Å². The normalized spacial score (nSPS) is 11.5. The Morgan fingerprint density at radius 3 is 1.86 bits per heavy atom. The van der Waals surface area contributed by atoms with Crippen LogP contribution in [-0.4, -0.2) is 25.8 Å². The van der Waals surface area contributed by atoms with Crippen molar-refractivity contribution >= 4 is 0 Å². The highest BCUT2D eigenvalue weighted by molar-refractivity contribution is 5.16. The van der Waals surface area contributed by atoms with Gasteiger partial charge >= 0.3 is 0 Å². The SMILES string of the molecule is [N-]=[N+]=NCC(COCC(CCc1ccccc1)CCc1ccccc1)N=[N+]=[N-]. The van der Waals surface area contributed by atoms with Crippen molar-refractivity contribution in [3.63, 3.8) is 0 Å². The van der Waals surface area contributed by atoms with Gasteiger partial charge in [0.15, 0.2) is 0 Å². The van der Waals surface area contributed by atoms with Crippen LogP contribution in [0.1, 0.15) is 24.0 Å². The molecular weight excluding hydrogens is 352 g/mol. The first kappa shape index (κ1) is 21.3. The number of hydrogen-bond acceptors (Lipinski definition) is 3. The highest BCUT2D eigenvalue weighted by atomic mass is 16.5. The Labute approximate surface area is 165 Å². The minimum Gasteiger partial charge on any atom is -0.381 e. The van der Waals surface area contributed by atoms with Crippen molar-refractivity contribution in [2.45, 2.75) is 31.7 Å². The van der Waals surface area contributed by atoms with E-state index in [0.29, 0.717) is 12.5 Å². The Morgan fingerprint density at radius 2 is 1.36 bits per heavy atom. The molecule has 2 aromatic rings. The van der Waals surface area contributed by atoms with E-state index in [9.17, 15) is 0 Å². The Kier molecular flexibility index (Phi) is 10.1. The van der Waals surface area contributed by atoms with E-state index in [1.807, 2.05) is 12.1 Å². The summed E-state index contributed by atoms with van der Waals surface area (Å²) in [6, 6.07) is 20.4. The molecule has 146 valence electrons. The lowest BCUT2D eigenvalue weighted by atomic mass is 9.94. The minimum atomic E-state index is -0.468. The van der Waals surface area contributed by atoms with Crippen LogP contribution in [0.15, 0.2) is 70.9 Å². The lowest BCUT2D eigenvalue weighted by Gasteiger charge is -2.18. The molecule has 0 aromatic heterocycles. The first-order valence-corrected chi connectivity index (χ1v) is 9.52. The number of azide groups is 2. The summed E-state index contributed by atoms with van der Waals surface area (Å²) < 4.78 is 5.84. The van der Waals surface area contributed by atoms with Gasteiger partial charge < -0.3 is 4.74 Å². The summed E-state index contributed by atoms with van der Waals surface area (Å²) in [6.07, 6.45) is 4.06. The van der Waals surface area contributed by atoms with Gasteiger partial charge in [0.25, 0.3) is 0 Å². The molecule has 0 aliphatic carbocycles. The second-order valence-corrected chi connectivity index (χ2v) is 6.72. The van der Waals surface area contributed by atoms with E-state index in [1.54, 1.807) is 0 Å². The molecule has 28 heavy (non-hydrogen) atoms. The van der Waals surface area contributed by atoms with Gasteiger partial charge in [-0.1, -0.05) is 70.9 Å². The van der Waals surface area contributed by atoms with Crippen molar-refractivity contribution in [3.8, 4) is 0 Å². The predicted octanol–water partition coefficient (Wildman–Crippen LogP) is 5.87. The largest absolute Gasteiger partial charge is 0.381 e. The van der Waals surface area contributed by atoms with Gasteiger partial charge in [-0.2, -0.15) is 0 Å². The van der Waals surface area contributed by atoms with Crippen molar-refractivity contribution in [1.29, 1.82) is 0 Å². The van der Waals surface area contributed by atoms with Crippen LogP contribution in [0.4, 0.5) is 0 Å². The van der Waals surface area contributed by atoms with Crippen LogP contribution in [0.25, 0.3) is 20.9 Å². The average Bonchev–Trinajstić information content (AvgIpc) is 2.75. The zero-order valence-electron chi connectivity index (χ0n) is 16.0. The minimum absolute atomic E-state index is 0.110. The van der Waals surface area contributed by atoms with Crippen LogP contribution in [0.2, 0.25) is 0 Å². The lowest BCUT2D eigenvalue weighted by molar-refractivity contribution is 0.0845. The number of benzene rings is 2. The summed E-state index contributed by atoms with van der Waals surface area (Å²) in [5, 5.41) is 7.11. The second kappa shape index (κ2) is 13.2. The standard InChI is InChI=1S/C21H26N6O/c22-26-24-15-21(25-27-23)17-28-16-20(13-11-18-7-3-1-4-8-18)14-12-19-9-5-2-6-10-19/h1-10,20-21H,11-17H2. The molecule has 0 radical (unpaired) electrons. The number of aryl methyl sites for hydroxylation is 2. The van der Waals surface area contributed by atoms with Crippen LogP contribution >= 0.6 is 0 Å². The molecule has 0 aliphatic rings. The molecule has 0 spiro atoms. The van der Waals surface area contributed by atoms with Gasteiger partial charge in [0, 0.05) is 23.0 Å². The fourth-order valence-electron chi connectivity index (χ4n) is 3.04. The van der Waals surface area contributed by atoms with Crippen LogP contribution in [0.5, 0.6) is 0 Å². The third kappa shape index (κ3) is 8.60. The van der Waals surface area contributed by atoms with E-state index in [4.69, 9.17) is 15.8 Å². The molecule has 7 heteroatoms. The smallest absolute Gasteiger partial charge is 0.0663 e. The van der Waals surface area contributed by atoms with Crippen molar-refractivity contribution in [2.24, 2.45) is 16.1 Å². The van der Waals surface area contributed by atoms with E-state index in [0.717, 1.165) is 25.7 Å². The van der Waals surface area contributed by atoms with Crippen LogP contribution in [0.3, 0.4) is 0 Å². The summed E-state index contributed by atoms with van der Waals surface area (Å²) in [7, 11) is 0. The molecule has 0 heterocycles. The van der Waals surface area contributed by atoms with E-state index < -0.39 is 6.04 Å². The summed E-state index contributed by atoms with van der Waals surface area (Å²) in [5.74, 6) is 0.395. The molecule has 1 unspecified atom stereocenters. The van der Waals surface area contributed by atoms with Crippen molar-refractivity contribution in [1.82, 2.24) is 0 Å².